The molecule has 0 fully saturated rings. The molecule has 134 valence electrons. The fourth-order valence-corrected chi connectivity index (χ4v) is 2.52. The van der Waals surface area contributed by atoms with E-state index < -0.39 is 0 Å². The van der Waals surface area contributed by atoms with Crippen LogP contribution in [0.4, 0.5) is 4.79 Å². The number of nitrogens with one attached hydrogen (secondary N) is 2. The summed E-state index contributed by atoms with van der Waals surface area (Å²) in [7, 11) is 1.64. The van der Waals surface area contributed by atoms with Crippen molar-refractivity contribution in [2.75, 3.05) is 13.7 Å². The summed E-state index contributed by atoms with van der Waals surface area (Å²) in [5.74, 6) is 1.58. The third-order valence-electron chi connectivity index (χ3n) is 3.91. The molecule has 1 aromatic carbocycles. The molecule has 0 saturated heterocycles. The summed E-state index contributed by atoms with van der Waals surface area (Å²) >= 11 is 0. The highest BCUT2D eigenvalue weighted by Gasteiger charge is 2.05. The number of rotatable bonds is 7. The standard InChI is InChI=1S/C20H21N3O3/c1-25-18-6-4-15(5-7-18)8-9-22-20(24)23-13-16-11-17(14-21-12-16)19-3-2-10-26-19/h2-7,10-12,14H,8-9,13H2,1H3,(H2,22,23,24). The van der Waals surface area contributed by atoms with E-state index in [1.54, 1.807) is 25.8 Å². The monoisotopic (exact) mass is 351 g/mol. The molecular formula is C20H21N3O3. The van der Waals surface area contributed by atoms with E-state index in [-0.39, 0.29) is 6.03 Å². The van der Waals surface area contributed by atoms with Crippen LogP contribution in [0.2, 0.25) is 0 Å². The summed E-state index contributed by atoms with van der Waals surface area (Å²) in [4.78, 5) is 16.1. The Kier molecular flexibility index (Phi) is 5.88. The first-order chi connectivity index (χ1) is 12.7. The maximum Gasteiger partial charge on any atom is 0.315 e. The molecule has 2 N–H and O–H groups in total. The zero-order valence-electron chi connectivity index (χ0n) is 14.6. The molecule has 0 unspecified atom stereocenters. The van der Waals surface area contributed by atoms with Crippen LogP contribution in [0.1, 0.15) is 11.1 Å². The van der Waals surface area contributed by atoms with E-state index in [9.17, 15) is 4.79 Å². The van der Waals surface area contributed by atoms with E-state index in [0.717, 1.165) is 34.6 Å². The Hall–Kier alpha value is -3.28. The Balaban J connectivity index is 1.43. The Morgan fingerprint density at radius 1 is 1.12 bits per heavy atom. The predicted molar refractivity (Wildman–Crippen MR) is 98.9 cm³/mol. The second-order valence-corrected chi connectivity index (χ2v) is 5.77. The number of pyridine rings is 1. The van der Waals surface area contributed by atoms with E-state index in [2.05, 4.69) is 15.6 Å². The number of aromatic nitrogens is 1. The van der Waals surface area contributed by atoms with Crippen LogP contribution in [-0.2, 0) is 13.0 Å². The minimum Gasteiger partial charge on any atom is -0.497 e. The van der Waals surface area contributed by atoms with Crippen LogP contribution in [0.15, 0.2) is 65.5 Å². The topological polar surface area (TPSA) is 76.4 Å². The highest BCUT2D eigenvalue weighted by Crippen LogP contribution is 2.19. The molecule has 0 spiro atoms. The number of hydrogen-bond donors (Lipinski definition) is 2. The molecule has 3 rings (SSSR count). The molecule has 2 heterocycles. The van der Waals surface area contributed by atoms with Gasteiger partial charge in [-0.3, -0.25) is 4.98 Å². The Morgan fingerprint density at radius 2 is 1.96 bits per heavy atom. The smallest absolute Gasteiger partial charge is 0.315 e. The summed E-state index contributed by atoms with van der Waals surface area (Å²) in [6, 6.07) is 13.2. The molecule has 0 aliphatic carbocycles. The molecule has 6 heteroatoms. The maximum atomic E-state index is 11.9. The lowest BCUT2D eigenvalue weighted by molar-refractivity contribution is 0.240. The van der Waals surface area contributed by atoms with Crippen LogP contribution in [0.3, 0.4) is 0 Å². The van der Waals surface area contributed by atoms with E-state index in [1.807, 2.05) is 42.5 Å². The SMILES string of the molecule is COc1ccc(CCNC(=O)NCc2cncc(-c3ccco3)c2)cc1. The highest BCUT2D eigenvalue weighted by atomic mass is 16.5. The van der Waals surface area contributed by atoms with Crippen molar-refractivity contribution in [2.24, 2.45) is 0 Å². The van der Waals surface area contributed by atoms with Gasteiger partial charge in [0, 0.05) is 31.0 Å². The normalized spacial score (nSPS) is 10.3. The second-order valence-electron chi connectivity index (χ2n) is 5.77. The number of carbonyl (C=O) groups is 1. The van der Waals surface area contributed by atoms with Crippen molar-refractivity contribution < 1.29 is 13.9 Å². The summed E-state index contributed by atoms with van der Waals surface area (Å²) in [6.45, 7) is 0.957. The quantitative estimate of drug-likeness (QED) is 0.684. The molecule has 2 amide bonds. The number of furan rings is 1. The molecule has 0 radical (unpaired) electrons. The molecule has 0 saturated carbocycles. The van der Waals surface area contributed by atoms with E-state index in [4.69, 9.17) is 9.15 Å². The van der Waals surface area contributed by atoms with Gasteiger partial charge in [0.05, 0.1) is 13.4 Å². The maximum absolute atomic E-state index is 11.9. The van der Waals surface area contributed by atoms with Gasteiger partial charge >= 0.3 is 6.03 Å². The van der Waals surface area contributed by atoms with Crippen LogP contribution in [0, 0.1) is 0 Å². The van der Waals surface area contributed by atoms with Gasteiger partial charge in [0.1, 0.15) is 11.5 Å². The average Bonchev–Trinajstić information content (AvgIpc) is 3.22. The Morgan fingerprint density at radius 3 is 2.69 bits per heavy atom. The predicted octanol–water partition coefficient (Wildman–Crippen LogP) is 3.39. The summed E-state index contributed by atoms with van der Waals surface area (Å²) < 4.78 is 10.5. The fourth-order valence-electron chi connectivity index (χ4n) is 2.52. The third-order valence-corrected chi connectivity index (χ3v) is 3.91. The van der Waals surface area contributed by atoms with Gasteiger partial charge in [-0.2, -0.15) is 0 Å². The lowest BCUT2D eigenvalue weighted by Gasteiger charge is -2.08. The number of benzene rings is 1. The zero-order chi connectivity index (χ0) is 18.2. The van der Waals surface area contributed by atoms with Crippen molar-refractivity contribution in [2.45, 2.75) is 13.0 Å². The van der Waals surface area contributed by atoms with Gasteiger partial charge in [-0.1, -0.05) is 12.1 Å². The van der Waals surface area contributed by atoms with Crippen LogP contribution in [-0.4, -0.2) is 24.7 Å². The van der Waals surface area contributed by atoms with Crippen molar-refractivity contribution in [3.63, 3.8) is 0 Å². The molecule has 2 aromatic heterocycles. The minimum absolute atomic E-state index is 0.207. The second kappa shape index (κ2) is 8.71. The van der Waals surface area contributed by atoms with Gasteiger partial charge in [-0.25, -0.2) is 4.79 Å². The molecule has 0 bridgehead atoms. The van der Waals surface area contributed by atoms with Crippen LogP contribution < -0.4 is 15.4 Å². The van der Waals surface area contributed by atoms with E-state index in [1.165, 1.54) is 0 Å². The van der Waals surface area contributed by atoms with Gasteiger partial charge in [-0.15, -0.1) is 0 Å². The first-order valence-electron chi connectivity index (χ1n) is 8.37. The van der Waals surface area contributed by atoms with E-state index >= 15 is 0 Å². The molecular weight excluding hydrogens is 330 g/mol. The van der Waals surface area contributed by atoms with Gasteiger partial charge in [0.25, 0.3) is 0 Å². The van der Waals surface area contributed by atoms with Crippen LogP contribution >= 0.6 is 0 Å². The van der Waals surface area contributed by atoms with Gasteiger partial charge in [0.15, 0.2) is 0 Å². The van der Waals surface area contributed by atoms with Gasteiger partial charge < -0.3 is 19.8 Å². The molecule has 26 heavy (non-hydrogen) atoms. The molecule has 0 aliphatic rings. The molecule has 6 nitrogen and oxygen atoms in total. The Labute approximate surface area is 152 Å². The molecule has 3 aromatic rings. The first-order valence-corrected chi connectivity index (χ1v) is 8.37. The van der Waals surface area contributed by atoms with Crippen LogP contribution in [0.5, 0.6) is 5.75 Å². The van der Waals surface area contributed by atoms with Crippen molar-refractivity contribution in [3.05, 3.63) is 72.2 Å². The van der Waals surface area contributed by atoms with Crippen molar-refractivity contribution in [3.8, 4) is 17.1 Å². The van der Waals surface area contributed by atoms with Gasteiger partial charge in [0.2, 0.25) is 0 Å². The molecule has 0 aliphatic heterocycles. The number of methoxy groups -OCH3 is 1. The number of amides is 2. The number of nitrogens with zero attached hydrogens (tertiary/aromatic N) is 1. The largest absolute Gasteiger partial charge is 0.497 e. The van der Waals surface area contributed by atoms with Crippen LogP contribution in [0.25, 0.3) is 11.3 Å². The zero-order valence-corrected chi connectivity index (χ0v) is 14.6. The summed E-state index contributed by atoms with van der Waals surface area (Å²) in [6.07, 6.45) is 5.84. The Bertz CT molecular complexity index is 830. The lowest BCUT2D eigenvalue weighted by Crippen LogP contribution is -2.36. The number of ether oxygens (including phenoxy) is 1. The minimum atomic E-state index is -0.207. The lowest BCUT2D eigenvalue weighted by atomic mass is 10.1. The fraction of sp³-hybridized carbons (Fsp3) is 0.200. The van der Waals surface area contributed by atoms with Crippen molar-refractivity contribution in [1.29, 1.82) is 0 Å². The first kappa shape index (κ1) is 17.5. The molecule has 0 atom stereocenters. The van der Waals surface area contributed by atoms with E-state index in [0.29, 0.717) is 13.1 Å². The average molecular weight is 351 g/mol. The summed E-state index contributed by atoms with van der Waals surface area (Å²) in [5.41, 5.74) is 2.93. The summed E-state index contributed by atoms with van der Waals surface area (Å²) in [5, 5.41) is 5.69. The number of carbonyl (C=O) groups excluding carboxylic acids is 1. The number of hydrogen-bond acceptors (Lipinski definition) is 4. The van der Waals surface area contributed by atoms with Gasteiger partial charge in [-0.05, 0) is 47.9 Å². The van der Waals surface area contributed by atoms with Crippen molar-refractivity contribution >= 4 is 6.03 Å². The van der Waals surface area contributed by atoms with Crippen molar-refractivity contribution in [1.82, 2.24) is 15.6 Å². The number of urea groups is 1. The highest BCUT2D eigenvalue weighted by molar-refractivity contribution is 5.73. The third kappa shape index (κ3) is 4.86.